The van der Waals surface area contributed by atoms with Gasteiger partial charge in [-0.2, -0.15) is 0 Å². The van der Waals surface area contributed by atoms with E-state index in [2.05, 4.69) is 0 Å². The second-order valence-electron chi connectivity index (χ2n) is 3.82. The number of ether oxygens (including phenoxy) is 2. The number of rotatable bonds is 1. The van der Waals surface area contributed by atoms with Gasteiger partial charge in [0.05, 0.1) is 17.8 Å². The van der Waals surface area contributed by atoms with E-state index < -0.39 is 11.7 Å². The number of hydrogen-bond acceptors (Lipinski definition) is 3. The van der Waals surface area contributed by atoms with Gasteiger partial charge in [0.2, 0.25) is 0 Å². The molecule has 0 unspecified atom stereocenters. The van der Waals surface area contributed by atoms with Crippen LogP contribution in [-0.4, -0.2) is 36.1 Å². The Morgan fingerprint density at radius 2 is 2.08 bits per heavy atom. The summed E-state index contributed by atoms with van der Waals surface area (Å²) in [5.74, 6) is 0. The third-order valence-electron chi connectivity index (χ3n) is 2.68. The summed E-state index contributed by atoms with van der Waals surface area (Å²) in [4.78, 5) is 0. The highest BCUT2D eigenvalue weighted by Crippen LogP contribution is 2.31. The molecule has 1 N–H and O–H groups in total. The topological polar surface area (TPSA) is 38.7 Å². The molecule has 0 spiro atoms. The van der Waals surface area contributed by atoms with Gasteiger partial charge < -0.3 is 14.6 Å². The van der Waals surface area contributed by atoms with Gasteiger partial charge in [-0.05, 0) is 20.8 Å². The first-order chi connectivity index (χ1) is 5.49. The van der Waals surface area contributed by atoms with Crippen molar-refractivity contribution in [2.75, 3.05) is 7.11 Å². The Morgan fingerprint density at radius 3 is 2.58 bits per heavy atom. The predicted octanol–water partition coefficient (Wildman–Crippen LogP) is 0.950. The van der Waals surface area contributed by atoms with Crippen LogP contribution in [0.25, 0.3) is 0 Å². The molecule has 72 valence electrons. The first-order valence-electron chi connectivity index (χ1n) is 4.38. The molecule has 0 aromatic carbocycles. The molecule has 0 aromatic heterocycles. The third-order valence-corrected chi connectivity index (χ3v) is 2.68. The second kappa shape index (κ2) is 3.32. The lowest BCUT2D eigenvalue weighted by molar-refractivity contribution is -0.210. The van der Waals surface area contributed by atoms with E-state index in [4.69, 9.17) is 9.47 Å². The summed E-state index contributed by atoms with van der Waals surface area (Å²) in [7, 11) is 1.63. The molecule has 0 saturated carbocycles. The van der Waals surface area contributed by atoms with Crippen molar-refractivity contribution in [3.8, 4) is 0 Å². The zero-order valence-corrected chi connectivity index (χ0v) is 8.20. The summed E-state index contributed by atoms with van der Waals surface area (Å²) in [5, 5.41) is 9.76. The molecule has 0 amide bonds. The zero-order chi connectivity index (χ0) is 9.35. The van der Waals surface area contributed by atoms with Gasteiger partial charge >= 0.3 is 0 Å². The van der Waals surface area contributed by atoms with Crippen molar-refractivity contribution in [3.05, 3.63) is 0 Å². The maximum atomic E-state index is 9.76. The normalized spacial score (nSPS) is 49.2. The Hall–Kier alpha value is -0.120. The van der Waals surface area contributed by atoms with E-state index in [1.165, 1.54) is 0 Å². The summed E-state index contributed by atoms with van der Waals surface area (Å²) in [6.45, 7) is 5.80. The summed E-state index contributed by atoms with van der Waals surface area (Å²) in [6, 6.07) is 0. The van der Waals surface area contributed by atoms with Crippen molar-refractivity contribution in [1.29, 1.82) is 0 Å². The molecule has 0 radical (unpaired) electrons. The van der Waals surface area contributed by atoms with E-state index in [0.29, 0.717) is 0 Å². The molecular formula is C9H18O3. The van der Waals surface area contributed by atoms with Crippen molar-refractivity contribution in [2.24, 2.45) is 0 Å². The minimum Gasteiger partial charge on any atom is -0.387 e. The lowest BCUT2D eigenvalue weighted by Crippen LogP contribution is -2.55. The van der Waals surface area contributed by atoms with E-state index in [0.717, 1.165) is 6.42 Å². The van der Waals surface area contributed by atoms with Crippen molar-refractivity contribution < 1.29 is 14.6 Å². The average Bonchev–Trinajstić information content (AvgIpc) is 2.00. The maximum Gasteiger partial charge on any atom is 0.109 e. The molecule has 3 nitrogen and oxygen atoms in total. The fourth-order valence-electron chi connectivity index (χ4n) is 1.88. The Bertz CT molecular complexity index is 160. The van der Waals surface area contributed by atoms with E-state index >= 15 is 0 Å². The summed E-state index contributed by atoms with van der Waals surface area (Å²) in [6.07, 6.45) is 0.236. The van der Waals surface area contributed by atoms with Gasteiger partial charge in [0.25, 0.3) is 0 Å². The molecule has 1 rings (SSSR count). The van der Waals surface area contributed by atoms with Crippen LogP contribution in [0.4, 0.5) is 0 Å². The van der Waals surface area contributed by atoms with Crippen LogP contribution in [0.2, 0.25) is 0 Å². The van der Waals surface area contributed by atoms with E-state index in [1.807, 2.05) is 20.8 Å². The highest BCUT2D eigenvalue weighted by molar-refractivity contribution is 4.93. The lowest BCUT2D eigenvalue weighted by atomic mass is 9.86. The van der Waals surface area contributed by atoms with Crippen molar-refractivity contribution in [3.63, 3.8) is 0 Å². The molecule has 12 heavy (non-hydrogen) atoms. The molecule has 4 atom stereocenters. The molecule has 1 heterocycles. The van der Waals surface area contributed by atoms with Gasteiger partial charge in [0.1, 0.15) is 6.10 Å². The highest BCUT2D eigenvalue weighted by atomic mass is 16.5. The molecule has 0 aliphatic carbocycles. The number of aliphatic hydroxyl groups excluding tert-OH is 1. The van der Waals surface area contributed by atoms with Gasteiger partial charge in [-0.1, -0.05) is 0 Å². The molecule has 1 aliphatic heterocycles. The Kier molecular flexibility index (Phi) is 2.76. The standard InChI is InChI=1S/C9H18O3/c1-6-5-9(3,11-4)8(10)7(2)12-6/h6-8,10H,5H2,1-4H3/t6-,7+,8+,9+/m0/s1. The van der Waals surface area contributed by atoms with Gasteiger partial charge in [-0.25, -0.2) is 0 Å². The lowest BCUT2D eigenvalue weighted by Gasteiger charge is -2.43. The largest absolute Gasteiger partial charge is 0.387 e. The van der Waals surface area contributed by atoms with Crippen LogP contribution in [0, 0.1) is 0 Å². The van der Waals surface area contributed by atoms with E-state index in [1.54, 1.807) is 7.11 Å². The van der Waals surface area contributed by atoms with Gasteiger partial charge in [0, 0.05) is 13.5 Å². The number of aliphatic hydroxyl groups is 1. The van der Waals surface area contributed by atoms with Gasteiger partial charge in [-0.3, -0.25) is 0 Å². The van der Waals surface area contributed by atoms with Crippen molar-refractivity contribution >= 4 is 0 Å². The fourth-order valence-corrected chi connectivity index (χ4v) is 1.88. The van der Waals surface area contributed by atoms with Crippen molar-refractivity contribution in [2.45, 2.75) is 51.1 Å². The molecular weight excluding hydrogens is 156 g/mol. The van der Waals surface area contributed by atoms with Crippen LogP contribution in [0.5, 0.6) is 0 Å². The molecule has 1 aliphatic rings. The van der Waals surface area contributed by atoms with Crippen LogP contribution in [0.3, 0.4) is 0 Å². The molecule has 3 heteroatoms. The zero-order valence-electron chi connectivity index (χ0n) is 8.20. The quantitative estimate of drug-likeness (QED) is 0.643. The fraction of sp³-hybridized carbons (Fsp3) is 1.00. The Labute approximate surface area is 73.7 Å². The molecule has 1 fully saturated rings. The number of hydrogen-bond donors (Lipinski definition) is 1. The highest BCUT2D eigenvalue weighted by Gasteiger charge is 2.43. The van der Waals surface area contributed by atoms with Crippen LogP contribution in [0.15, 0.2) is 0 Å². The van der Waals surface area contributed by atoms with Gasteiger partial charge in [-0.15, -0.1) is 0 Å². The second-order valence-corrected chi connectivity index (χ2v) is 3.82. The number of methoxy groups -OCH3 is 1. The van der Waals surface area contributed by atoms with Crippen LogP contribution >= 0.6 is 0 Å². The first-order valence-corrected chi connectivity index (χ1v) is 4.38. The summed E-state index contributed by atoms with van der Waals surface area (Å²) < 4.78 is 10.8. The monoisotopic (exact) mass is 174 g/mol. The smallest absolute Gasteiger partial charge is 0.109 e. The minimum absolute atomic E-state index is 0.140. The Balaban J connectivity index is 2.72. The predicted molar refractivity (Wildman–Crippen MR) is 46.0 cm³/mol. The van der Waals surface area contributed by atoms with Gasteiger partial charge in [0.15, 0.2) is 0 Å². The van der Waals surface area contributed by atoms with E-state index in [-0.39, 0.29) is 12.2 Å². The minimum atomic E-state index is -0.529. The molecule has 0 bridgehead atoms. The van der Waals surface area contributed by atoms with Crippen molar-refractivity contribution in [1.82, 2.24) is 0 Å². The molecule has 1 saturated heterocycles. The third kappa shape index (κ3) is 1.63. The Morgan fingerprint density at radius 1 is 1.50 bits per heavy atom. The first kappa shape index (κ1) is 9.96. The maximum absolute atomic E-state index is 9.76. The summed E-state index contributed by atoms with van der Waals surface area (Å²) >= 11 is 0. The SMILES string of the molecule is CO[C@]1(C)C[C@H](C)O[C@H](C)[C@H]1O. The molecule has 0 aromatic rings. The van der Waals surface area contributed by atoms with E-state index in [9.17, 15) is 5.11 Å². The van der Waals surface area contributed by atoms with Crippen LogP contribution in [0.1, 0.15) is 27.2 Å². The van der Waals surface area contributed by atoms with Crippen LogP contribution in [-0.2, 0) is 9.47 Å². The van der Waals surface area contributed by atoms with Crippen LogP contribution < -0.4 is 0 Å². The average molecular weight is 174 g/mol. The summed E-state index contributed by atoms with van der Waals surface area (Å²) in [5.41, 5.74) is -0.447.